The number of nitrogens with one attached hydrogen (secondary N) is 1. The number of carbonyl (C=O) groups is 1. The summed E-state index contributed by atoms with van der Waals surface area (Å²) in [7, 11) is 0. The second-order valence-corrected chi connectivity index (χ2v) is 4.17. The van der Waals surface area contributed by atoms with Gasteiger partial charge in [0.1, 0.15) is 13.2 Å². The van der Waals surface area contributed by atoms with Gasteiger partial charge in [0.05, 0.1) is 0 Å². The van der Waals surface area contributed by atoms with E-state index in [4.69, 9.17) is 15.2 Å². The van der Waals surface area contributed by atoms with Crippen LogP contribution in [0.4, 0.5) is 0 Å². The van der Waals surface area contributed by atoms with E-state index >= 15 is 0 Å². The average molecular weight is 250 g/mol. The fourth-order valence-corrected chi connectivity index (χ4v) is 1.88. The maximum atomic E-state index is 11.5. The quantitative estimate of drug-likeness (QED) is 0.835. The zero-order valence-electron chi connectivity index (χ0n) is 10.4. The molecule has 1 unspecified atom stereocenters. The summed E-state index contributed by atoms with van der Waals surface area (Å²) < 4.78 is 10.9. The molecule has 5 heteroatoms. The Morgan fingerprint density at radius 1 is 1.39 bits per heavy atom. The minimum atomic E-state index is -0.327. The number of hydrogen-bond donors (Lipinski definition) is 2. The predicted molar refractivity (Wildman–Crippen MR) is 67.7 cm³/mol. The Morgan fingerprint density at radius 3 is 2.83 bits per heavy atom. The largest absolute Gasteiger partial charge is 0.486 e. The van der Waals surface area contributed by atoms with Crippen molar-refractivity contribution in [3.8, 4) is 11.5 Å². The van der Waals surface area contributed by atoms with Gasteiger partial charge in [-0.2, -0.15) is 0 Å². The van der Waals surface area contributed by atoms with E-state index in [1.807, 2.05) is 25.1 Å². The van der Waals surface area contributed by atoms with Gasteiger partial charge in [-0.1, -0.05) is 6.07 Å². The first-order valence-electron chi connectivity index (χ1n) is 6.12. The van der Waals surface area contributed by atoms with Crippen LogP contribution in [0.15, 0.2) is 18.2 Å². The first kappa shape index (κ1) is 12.7. The lowest BCUT2D eigenvalue weighted by Crippen LogP contribution is -2.27. The first-order valence-corrected chi connectivity index (χ1v) is 6.12. The molecule has 5 nitrogen and oxygen atoms in total. The Balaban J connectivity index is 2.06. The molecule has 0 spiro atoms. The maximum absolute atomic E-state index is 11.5. The van der Waals surface area contributed by atoms with E-state index in [0.29, 0.717) is 25.5 Å². The van der Waals surface area contributed by atoms with Crippen LogP contribution in [-0.4, -0.2) is 25.7 Å². The van der Waals surface area contributed by atoms with E-state index in [0.717, 1.165) is 11.3 Å². The molecule has 1 atom stereocenters. The number of fused-ring (bicyclic) bond motifs is 1. The van der Waals surface area contributed by atoms with E-state index in [2.05, 4.69) is 5.32 Å². The van der Waals surface area contributed by atoms with Gasteiger partial charge in [0.15, 0.2) is 11.5 Å². The van der Waals surface area contributed by atoms with Crippen molar-refractivity contribution >= 4 is 5.91 Å². The lowest BCUT2D eigenvalue weighted by atomic mass is 10.0. The van der Waals surface area contributed by atoms with Crippen LogP contribution in [-0.2, 0) is 4.79 Å². The van der Waals surface area contributed by atoms with E-state index < -0.39 is 0 Å². The summed E-state index contributed by atoms with van der Waals surface area (Å²) in [5.41, 5.74) is 6.88. The fourth-order valence-electron chi connectivity index (χ4n) is 1.88. The Kier molecular flexibility index (Phi) is 4.04. The van der Waals surface area contributed by atoms with Crippen LogP contribution < -0.4 is 20.5 Å². The molecule has 3 N–H and O–H groups in total. The van der Waals surface area contributed by atoms with Crippen molar-refractivity contribution in [3.05, 3.63) is 23.8 Å². The van der Waals surface area contributed by atoms with Crippen LogP contribution in [0.2, 0.25) is 0 Å². The standard InChI is InChI=1S/C13H18N2O3/c1-2-15-13(16)8-10(14)9-3-4-11-12(7-9)18-6-5-17-11/h3-4,7,10H,2,5-6,8,14H2,1H3,(H,15,16). The molecule has 1 aliphatic heterocycles. The zero-order valence-corrected chi connectivity index (χ0v) is 10.4. The average Bonchev–Trinajstić information content (AvgIpc) is 2.38. The normalized spacial score (nSPS) is 15.0. The van der Waals surface area contributed by atoms with Crippen LogP contribution in [0.1, 0.15) is 24.9 Å². The number of carbonyl (C=O) groups excluding carboxylic acids is 1. The van der Waals surface area contributed by atoms with E-state index in [9.17, 15) is 4.79 Å². The molecule has 0 fully saturated rings. The van der Waals surface area contributed by atoms with Gasteiger partial charge in [0.25, 0.3) is 0 Å². The summed E-state index contributed by atoms with van der Waals surface area (Å²) in [5, 5.41) is 2.73. The molecule has 1 aromatic rings. The Hall–Kier alpha value is -1.75. The van der Waals surface area contributed by atoms with Gasteiger partial charge in [-0.15, -0.1) is 0 Å². The second kappa shape index (κ2) is 5.73. The van der Waals surface area contributed by atoms with Crippen molar-refractivity contribution < 1.29 is 14.3 Å². The van der Waals surface area contributed by atoms with Gasteiger partial charge in [-0.05, 0) is 24.6 Å². The molecule has 0 saturated carbocycles. The number of rotatable bonds is 4. The molecule has 98 valence electrons. The van der Waals surface area contributed by atoms with Crippen LogP contribution in [0, 0.1) is 0 Å². The van der Waals surface area contributed by atoms with Gasteiger partial charge in [0.2, 0.25) is 5.91 Å². The Bertz CT molecular complexity index is 434. The van der Waals surface area contributed by atoms with Gasteiger partial charge in [-0.25, -0.2) is 0 Å². The van der Waals surface area contributed by atoms with Crippen LogP contribution in [0.5, 0.6) is 11.5 Å². The summed E-state index contributed by atoms with van der Waals surface area (Å²) >= 11 is 0. The third-order valence-electron chi connectivity index (χ3n) is 2.77. The molecular weight excluding hydrogens is 232 g/mol. The van der Waals surface area contributed by atoms with Crippen molar-refractivity contribution in [2.75, 3.05) is 19.8 Å². The van der Waals surface area contributed by atoms with E-state index in [1.165, 1.54) is 0 Å². The number of amides is 1. The first-order chi connectivity index (χ1) is 8.70. The molecule has 1 amide bonds. The lowest BCUT2D eigenvalue weighted by Gasteiger charge is -2.20. The molecule has 1 heterocycles. The molecule has 2 rings (SSSR count). The van der Waals surface area contributed by atoms with Crippen molar-refractivity contribution in [1.82, 2.24) is 5.32 Å². The number of benzene rings is 1. The van der Waals surface area contributed by atoms with Crippen LogP contribution in [0.25, 0.3) is 0 Å². The highest BCUT2D eigenvalue weighted by molar-refractivity contribution is 5.76. The van der Waals surface area contributed by atoms with Gasteiger partial charge >= 0.3 is 0 Å². The van der Waals surface area contributed by atoms with Crippen molar-refractivity contribution in [1.29, 1.82) is 0 Å². The molecule has 1 aromatic carbocycles. The molecular formula is C13H18N2O3. The monoisotopic (exact) mass is 250 g/mol. The van der Waals surface area contributed by atoms with Crippen molar-refractivity contribution in [3.63, 3.8) is 0 Å². The summed E-state index contributed by atoms with van der Waals surface area (Å²) in [6.45, 7) is 3.61. The summed E-state index contributed by atoms with van der Waals surface area (Å²) in [6, 6.07) is 5.23. The molecule has 0 aliphatic carbocycles. The number of nitrogens with two attached hydrogens (primary N) is 1. The van der Waals surface area contributed by atoms with E-state index in [-0.39, 0.29) is 18.4 Å². The van der Waals surface area contributed by atoms with Crippen LogP contribution >= 0.6 is 0 Å². The summed E-state index contributed by atoms with van der Waals surface area (Å²) in [6.07, 6.45) is 0.271. The Morgan fingerprint density at radius 2 is 2.11 bits per heavy atom. The SMILES string of the molecule is CCNC(=O)CC(N)c1ccc2c(c1)OCCO2. The van der Waals surface area contributed by atoms with Gasteiger partial charge < -0.3 is 20.5 Å². The fraction of sp³-hybridized carbons (Fsp3) is 0.462. The topological polar surface area (TPSA) is 73.6 Å². The highest BCUT2D eigenvalue weighted by Crippen LogP contribution is 2.32. The summed E-state index contributed by atoms with van der Waals surface area (Å²) in [5.74, 6) is 1.39. The lowest BCUT2D eigenvalue weighted by molar-refractivity contribution is -0.121. The predicted octanol–water partition coefficient (Wildman–Crippen LogP) is 0.984. The molecule has 0 saturated heterocycles. The molecule has 0 aromatic heterocycles. The number of hydrogen-bond acceptors (Lipinski definition) is 4. The zero-order chi connectivity index (χ0) is 13.0. The minimum absolute atomic E-state index is 0.0418. The molecule has 1 aliphatic rings. The third-order valence-corrected chi connectivity index (χ3v) is 2.77. The highest BCUT2D eigenvalue weighted by atomic mass is 16.6. The third kappa shape index (κ3) is 2.92. The molecule has 0 bridgehead atoms. The van der Waals surface area contributed by atoms with Gasteiger partial charge in [-0.3, -0.25) is 4.79 Å². The number of ether oxygens (including phenoxy) is 2. The molecule has 0 radical (unpaired) electrons. The highest BCUT2D eigenvalue weighted by Gasteiger charge is 2.16. The Labute approximate surface area is 106 Å². The van der Waals surface area contributed by atoms with E-state index in [1.54, 1.807) is 0 Å². The molecule has 18 heavy (non-hydrogen) atoms. The summed E-state index contributed by atoms with van der Waals surface area (Å²) in [4.78, 5) is 11.5. The minimum Gasteiger partial charge on any atom is -0.486 e. The second-order valence-electron chi connectivity index (χ2n) is 4.17. The van der Waals surface area contributed by atoms with Crippen molar-refractivity contribution in [2.24, 2.45) is 5.73 Å². The maximum Gasteiger partial charge on any atom is 0.221 e. The smallest absolute Gasteiger partial charge is 0.221 e. The van der Waals surface area contributed by atoms with Crippen molar-refractivity contribution in [2.45, 2.75) is 19.4 Å². The van der Waals surface area contributed by atoms with Crippen LogP contribution in [0.3, 0.4) is 0 Å². The van der Waals surface area contributed by atoms with Gasteiger partial charge in [0, 0.05) is 19.0 Å².